The number of carbonyl (C=O) groups is 1. The van der Waals surface area contributed by atoms with Crippen molar-refractivity contribution in [1.29, 1.82) is 0 Å². The molecule has 0 radical (unpaired) electrons. The Balaban J connectivity index is 1.83. The third-order valence-corrected chi connectivity index (χ3v) is 5.87. The number of rotatable bonds is 7. The first kappa shape index (κ1) is 17.9. The quantitative estimate of drug-likeness (QED) is 0.785. The van der Waals surface area contributed by atoms with Crippen LogP contribution in [0.1, 0.15) is 17.5 Å². The molecule has 1 atom stereocenters. The topological polar surface area (TPSA) is 75.7 Å². The second-order valence-corrected chi connectivity index (χ2v) is 8.18. The number of benzene rings is 1. The Labute approximate surface area is 137 Å². The molecule has 1 aromatic carbocycles. The van der Waals surface area contributed by atoms with Crippen molar-refractivity contribution in [3.63, 3.8) is 0 Å². The summed E-state index contributed by atoms with van der Waals surface area (Å²) in [6.45, 7) is 1.15. The normalized spacial score (nSPS) is 19.9. The smallest absolute Gasteiger partial charge is 0.234 e. The average Bonchev–Trinajstić information content (AvgIpc) is 2.87. The summed E-state index contributed by atoms with van der Waals surface area (Å²) >= 11 is 0. The molecule has 128 valence electrons. The highest BCUT2D eigenvalue weighted by molar-refractivity contribution is 7.91. The summed E-state index contributed by atoms with van der Waals surface area (Å²) in [4.78, 5) is 13.9. The summed E-state index contributed by atoms with van der Waals surface area (Å²) in [5, 5.41) is 2.89. The fourth-order valence-corrected chi connectivity index (χ4v) is 4.56. The van der Waals surface area contributed by atoms with Crippen LogP contribution in [-0.2, 0) is 32.5 Å². The van der Waals surface area contributed by atoms with E-state index >= 15 is 0 Å². The van der Waals surface area contributed by atoms with Gasteiger partial charge in [-0.3, -0.25) is 9.69 Å². The highest BCUT2D eigenvalue weighted by Crippen LogP contribution is 2.16. The molecule has 1 amide bonds. The molecule has 7 heteroatoms. The SMILES string of the molecule is COCc1ccccc1CNC(=O)CN(C)C1CCS(=O)(=O)C1. The van der Waals surface area contributed by atoms with Gasteiger partial charge in [-0.2, -0.15) is 0 Å². The molecule has 0 saturated carbocycles. The van der Waals surface area contributed by atoms with Gasteiger partial charge in [0.05, 0.1) is 24.7 Å². The molecular formula is C16H24N2O4S. The van der Waals surface area contributed by atoms with Gasteiger partial charge in [-0.1, -0.05) is 24.3 Å². The fraction of sp³-hybridized carbons (Fsp3) is 0.562. The van der Waals surface area contributed by atoms with Crippen LogP contribution >= 0.6 is 0 Å². The van der Waals surface area contributed by atoms with E-state index in [1.165, 1.54) is 0 Å². The van der Waals surface area contributed by atoms with Gasteiger partial charge in [0.2, 0.25) is 5.91 Å². The number of ether oxygens (including phenoxy) is 1. The van der Waals surface area contributed by atoms with Crippen molar-refractivity contribution in [2.24, 2.45) is 0 Å². The van der Waals surface area contributed by atoms with Gasteiger partial charge in [-0.15, -0.1) is 0 Å². The molecule has 1 N–H and O–H groups in total. The minimum atomic E-state index is -2.93. The first-order valence-corrected chi connectivity index (χ1v) is 9.46. The Morgan fingerprint density at radius 2 is 2.04 bits per heavy atom. The molecule has 1 unspecified atom stereocenters. The van der Waals surface area contributed by atoms with Crippen molar-refractivity contribution in [2.75, 3.05) is 32.2 Å². The zero-order valence-corrected chi connectivity index (χ0v) is 14.4. The highest BCUT2D eigenvalue weighted by Gasteiger charge is 2.31. The maximum Gasteiger partial charge on any atom is 0.234 e. The molecule has 1 aliphatic heterocycles. The van der Waals surface area contributed by atoms with Crippen LogP contribution < -0.4 is 5.32 Å². The molecule has 6 nitrogen and oxygen atoms in total. The zero-order valence-electron chi connectivity index (χ0n) is 13.6. The Bertz CT molecular complexity index is 645. The van der Waals surface area contributed by atoms with Crippen LogP contribution in [0, 0.1) is 0 Å². The average molecular weight is 340 g/mol. The lowest BCUT2D eigenvalue weighted by Gasteiger charge is -2.22. The number of sulfone groups is 1. The predicted octanol–water partition coefficient (Wildman–Crippen LogP) is 0.568. The zero-order chi connectivity index (χ0) is 16.9. The van der Waals surface area contributed by atoms with E-state index in [2.05, 4.69) is 5.32 Å². The molecule has 1 heterocycles. The summed E-state index contributed by atoms with van der Waals surface area (Å²) in [6, 6.07) is 7.73. The predicted molar refractivity (Wildman–Crippen MR) is 88.7 cm³/mol. The lowest BCUT2D eigenvalue weighted by Crippen LogP contribution is -2.41. The molecule has 1 saturated heterocycles. The van der Waals surface area contributed by atoms with Gasteiger partial charge in [0.1, 0.15) is 0 Å². The molecule has 23 heavy (non-hydrogen) atoms. The number of hydrogen-bond donors (Lipinski definition) is 1. The summed E-state index contributed by atoms with van der Waals surface area (Å²) < 4.78 is 28.2. The number of nitrogens with one attached hydrogen (secondary N) is 1. The second-order valence-electron chi connectivity index (χ2n) is 5.95. The molecular weight excluding hydrogens is 316 g/mol. The second kappa shape index (κ2) is 7.90. The van der Waals surface area contributed by atoms with Gasteiger partial charge in [0.25, 0.3) is 0 Å². The number of hydrogen-bond acceptors (Lipinski definition) is 5. The molecule has 0 bridgehead atoms. The van der Waals surface area contributed by atoms with Crippen molar-refractivity contribution in [3.8, 4) is 0 Å². The monoisotopic (exact) mass is 340 g/mol. The lowest BCUT2D eigenvalue weighted by atomic mass is 10.1. The van der Waals surface area contributed by atoms with Crippen molar-refractivity contribution in [1.82, 2.24) is 10.2 Å². The van der Waals surface area contributed by atoms with E-state index in [1.54, 1.807) is 14.2 Å². The Morgan fingerprint density at radius 1 is 1.35 bits per heavy atom. The minimum absolute atomic E-state index is 0.0634. The minimum Gasteiger partial charge on any atom is -0.380 e. The van der Waals surface area contributed by atoms with E-state index in [1.807, 2.05) is 29.2 Å². The molecule has 0 aliphatic carbocycles. The van der Waals surface area contributed by atoms with E-state index in [-0.39, 0.29) is 30.0 Å². The summed E-state index contributed by atoms with van der Waals surface area (Å²) in [7, 11) is 0.504. The van der Waals surface area contributed by atoms with Gasteiger partial charge in [-0.25, -0.2) is 8.42 Å². The number of methoxy groups -OCH3 is 1. The van der Waals surface area contributed by atoms with Crippen LogP contribution in [0.3, 0.4) is 0 Å². The van der Waals surface area contributed by atoms with Crippen LogP contribution in [0.15, 0.2) is 24.3 Å². The summed E-state index contributed by atoms with van der Waals surface area (Å²) in [5.41, 5.74) is 2.07. The Hall–Kier alpha value is -1.44. The van der Waals surface area contributed by atoms with Crippen LogP contribution in [0.25, 0.3) is 0 Å². The molecule has 1 fully saturated rings. The van der Waals surface area contributed by atoms with Gasteiger partial charge in [-0.05, 0) is 24.6 Å². The van der Waals surface area contributed by atoms with E-state index in [0.717, 1.165) is 11.1 Å². The number of likely N-dealkylation sites (N-methyl/N-ethyl adjacent to an activating group) is 1. The first-order chi connectivity index (χ1) is 10.9. The lowest BCUT2D eigenvalue weighted by molar-refractivity contribution is -0.122. The summed E-state index contributed by atoms with van der Waals surface area (Å²) in [6.07, 6.45) is 0.600. The molecule has 2 rings (SSSR count). The van der Waals surface area contributed by atoms with Crippen LogP contribution in [-0.4, -0.2) is 57.5 Å². The summed E-state index contributed by atoms with van der Waals surface area (Å²) in [5.74, 6) is 0.255. The van der Waals surface area contributed by atoms with Crippen LogP contribution in [0.5, 0.6) is 0 Å². The Kier molecular flexibility index (Phi) is 6.15. The van der Waals surface area contributed by atoms with E-state index < -0.39 is 9.84 Å². The maximum atomic E-state index is 12.1. The van der Waals surface area contributed by atoms with Crippen molar-refractivity contribution < 1.29 is 17.9 Å². The largest absolute Gasteiger partial charge is 0.380 e. The molecule has 0 spiro atoms. The third-order valence-electron chi connectivity index (χ3n) is 4.12. The van der Waals surface area contributed by atoms with Crippen LogP contribution in [0.4, 0.5) is 0 Å². The third kappa shape index (κ3) is 5.30. The van der Waals surface area contributed by atoms with Gasteiger partial charge >= 0.3 is 0 Å². The number of nitrogens with zero attached hydrogens (tertiary/aromatic N) is 1. The van der Waals surface area contributed by atoms with Crippen molar-refractivity contribution in [2.45, 2.75) is 25.6 Å². The van der Waals surface area contributed by atoms with E-state index in [4.69, 9.17) is 4.74 Å². The Morgan fingerprint density at radius 3 is 2.65 bits per heavy atom. The van der Waals surface area contributed by atoms with Gasteiger partial charge < -0.3 is 10.1 Å². The standard InChI is InChI=1S/C16H24N2O4S/c1-18(15-7-8-23(20,21)12-15)10-16(19)17-9-13-5-3-4-6-14(13)11-22-2/h3-6,15H,7-12H2,1-2H3,(H,17,19). The molecule has 1 aliphatic rings. The van der Waals surface area contributed by atoms with Crippen molar-refractivity contribution in [3.05, 3.63) is 35.4 Å². The molecule has 0 aromatic heterocycles. The van der Waals surface area contributed by atoms with Crippen LogP contribution in [0.2, 0.25) is 0 Å². The maximum absolute atomic E-state index is 12.1. The van der Waals surface area contributed by atoms with Crippen molar-refractivity contribution >= 4 is 15.7 Å². The first-order valence-electron chi connectivity index (χ1n) is 7.64. The van der Waals surface area contributed by atoms with Gasteiger partial charge in [0.15, 0.2) is 9.84 Å². The van der Waals surface area contributed by atoms with Gasteiger partial charge in [0, 0.05) is 19.7 Å². The fourth-order valence-electron chi connectivity index (χ4n) is 2.75. The van der Waals surface area contributed by atoms with E-state index in [0.29, 0.717) is 19.6 Å². The van der Waals surface area contributed by atoms with E-state index in [9.17, 15) is 13.2 Å². The number of carbonyl (C=O) groups excluding carboxylic acids is 1. The highest BCUT2D eigenvalue weighted by atomic mass is 32.2. The number of amides is 1. The molecule has 1 aromatic rings.